The summed E-state index contributed by atoms with van der Waals surface area (Å²) in [4.78, 5) is 26.3. The highest BCUT2D eigenvalue weighted by molar-refractivity contribution is 5.94. The van der Waals surface area contributed by atoms with Gasteiger partial charge in [-0.15, -0.1) is 0 Å². The van der Waals surface area contributed by atoms with Crippen LogP contribution in [-0.4, -0.2) is 35.8 Å². The standard InChI is InChI=1S/C19H28N2O2/c1-4-5-6-18(22)21-11-9-17(10-12-21)20-19(23)16-8-7-14(2)15(3)13-16/h7-8,13,17H,4-6,9-12H2,1-3H3,(H,20,23). The van der Waals surface area contributed by atoms with Gasteiger partial charge in [-0.25, -0.2) is 0 Å². The molecular weight excluding hydrogens is 288 g/mol. The van der Waals surface area contributed by atoms with E-state index >= 15 is 0 Å². The number of benzene rings is 1. The Bertz CT molecular complexity index is 560. The number of rotatable bonds is 5. The topological polar surface area (TPSA) is 49.4 Å². The first-order valence-corrected chi connectivity index (χ1v) is 8.67. The van der Waals surface area contributed by atoms with Gasteiger partial charge in [0.25, 0.3) is 5.91 Å². The quantitative estimate of drug-likeness (QED) is 0.907. The number of hydrogen-bond acceptors (Lipinski definition) is 2. The molecule has 0 unspecified atom stereocenters. The van der Waals surface area contributed by atoms with Crippen molar-refractivity contribution >= 4 is 11.8 Å². The molecule has 0 atom stereocenters. The lowest BCUT2D eigenvalue weighted by Crippen LogP contribution is -2.46. The Hall–Kier alpha value is -1.84. The molecule has 2 amide bonds. The second-order valence-corrected chi connectivity index (χ2v) is 6.53. The number of likely N-dealkylation sites (tertiary alicyclic amines) is 1. The Morgan fingerprint density at radius 2 is 1.87 bits per heavy atom. The monoisotopic (exact) mass is 316 g/mol. The van der Waals surface area contributed by atoms with E-state index in [0.717, 1.165) is 49.9 Å². The van der Waals surface area contributed by atoms with E-state index in [4.69, 9.17) is 0 Å². The minimum atomic E-state index is -0.0103. The van der Waals surface area contributed by atoms with Crippen molar-refractivity contribution in [3.63, 3.8) is 0 Å². The molecular formula is C19H28N2O2. The second kappa shape index (κ2) is 8.14. The molecule has 0 saturated carbocycles. The van der Waals surface area contributed by atoms with Crippen LogP contribution in [0.25, 0.3) is 0 Å². The zero-order chi connectivity index (χ0) is 16.8. The van der Waals surface area contributed by atoms with Crippen molar-refractivity contribution < 1.29 is 9.59 Å². The number of carbonyl (C=O) groups is 2. The summed E-state index contributed by atoms with van der Waals surface area (Å²) in [6, 6.07) is 5.97. The van der Waals surface area contributed by atoms with Crippen LogP contribution in [0.15, 0.2) is 18.2 Å². The molecule has 4 heteroatoms. The number of carbonyl (C=O) groups excluding carboxylic acids is 2. The van der Waals surface area contributed by atoms with Gasteiger partial charge in [0, 0.05) is 31.1 Å². The molecule has 0 aromatic heterocycles. The van der Waals surface area contributed by atoms with Crippen LogP contribution in [0.4, 0.5) is 0 Å². The molecule has 1 aliphatic rings. The normalized spacial score (nSPS) is 15.5. The van der Waals surface area contributed by atoms with Gasteiger partial charge in [0.2, 0.25) is 5.91 Å². The van der Waals surface area contributed by atoms with Crippen molar-refractivity contribution in [2.45, 2.75) is 58.9 Å². The maximum absolute atomic E-state index is 12.3. The van der Waals surface area contributed by atoms with E-state index in [0.29, 0.717) is 6.42 Å². The maximum Gasteiger partial charge on any atom is 0.251 e. The number of amides is 2. The summed E-state index contributed by atoms with van der Waals surface area (Å²) in [6.07, 6.45) is 4.34. The second-order valence-electron chi connectivity index (χ2n) is 6.53. The predicted molar refractivity (Wildman–Crippen MR) is 92.5 cm³/mol. The molecule has 126 valence electrons. The van der Waals surface area contributed by atoms with Gasteiger partial charge in [-0.05, 0) is 56.4 Å². The largest absolute Gasteiger partial charge is 0.349 e. The molecule has 1 heterocycles. The van der Waals surface area contributed by atoms with Crippen LogP contribution in [0.5, 0.6) is 0 Å². The summed E-state index contributed by atoms with van der Waals surface area (Å²) in [5, 5.41) is 3.11. The Morgan fingerprint density at radius 1 is 1.17 bits per heavy atom. The lowest BCUT2D eigenvalue weighted by Gasteiger charge is -2.32. The van der Waals surface area contributed by atoms with Gasteiger partial charge in [-0.1, -0.05) is 19.4 Å². The summed E-state index contributed by atoms with van der Waals surface area (Å²) in [7, 11) is 0. The van der Waals surface area contributed by atoms with Crippen molar-refractivity contribution in [2.75, 3.05) is 13.1 Å². The van der Waals surface area contributed by atoms with E-state index in [1.165, 1.54) is 5.56 Å². The number of piperidine rings is 1. The van der Waals surface area contributed by atoms with E-state index in [2.05, 4.69) is 12.2 Å². The van der Waals surface area contributed by atoms with Crippen LogP contribution >= 0.6 is 0 Å². The van der Waals surface area contributed by atoms with Crippen LogP contribution in [0.1, 0.15) is 60.5 Å². The van der Waals surface area contributed by atoms with Crippen LogP contribution in [0.2, 0.25) is 0 Å². The molecule has 0 radical (unpaired) electrons. The molecule has 1 N–H and O–H groups in total. The molecule has 1 aromatic rings. The average molecular weight is 316 g/mol. The van der Waals surface area contributed by atoms with E-state index in [9.17, 15) is 9.59 Å². The summed E-state index contributed by atoms with van der Waals surface area (Å²) >= 11 is 0. The molecule has 1 fully saturated rings. The number of nitrogens with zero attached hydrogens (tertiary/aromatic N) is 1. The number of hydrogen-bond donors (Lipinski definition) is 1. The molecule has 4 nitrogen and oxygen atoms in total. The minimum absolute atomic E-state index is 0.0103. The lowest BCUT2D eigenvalue weighted by atomic mass is 10.0. The molecule has 1 saturated heterocycles. The van der Waals surface area contributed by atoms with E-state index in [1.54, 1.807) is 0 Å². The third-order valence-corrected chi connectivity index (χ3v) is 4.70. The Labute approximate surface area is 139 Å². The highest BCUT2D eigenvalue weighted by Crippen LogP contribution is 2.14. The van der Waals surface area contributed by atoms with Gasteiger partial charge < -0.3 is 10.2 Å². The van der Waals surface area contributed by atoms with Gasteiger partial charge >= 0.3 is 0 Å². The van der Waals surface area contributed by atoms with Gasteiger partial charge in [-0.2, -0.15) is 0 Å². The zero-order valence-electron chi connectivity index (χ0n) is 14.5. The number of aryl methyl sites for hydroxylation is 2. The van der Waals surface area contributed by atoms with E-state index < -0.39 is 0 Å². The molecule has 1 aliphatic heterocycles. The Balaban J connectivity index is 1.82. The third kappa shape index (κ3) is 4.81. The predicted octanol–water partition coefficient (Wildman–Crippen LogP) is 3.21. The maximum atomic E-state index is 12.3. The highest BCUT2D eigenvalue weighted by Gasteiger charge is 2.23. The van der Waals surface area contributed by atoms with E-state index in [1.807, 2.05) is 36.9 Å². The molecule has 0 spiro atoms. The van der Waals surface area contributed by atoms with Crippen molar-refractivity contribution in [3.05, 3.63) is 34.9 Å². The molecule has 0 aliphatic carbocycles. The SMILES string of the molecule is CCCCC(=O)N1CCC(NC(=O)c2ccc(C)c(C)c2)CC1. The van der Waals surface area contributed by atoms with Gasteiger partial charge in [0.15, 0.2) is 0 Å². The first-order chi connectivity index (χ1) is 11.0. The summed E-state index contributed by atoms with van der Waals surface area (Å²) in [5.41, 5.74) is 3.05. The zero-order valence-corrected chi connectivity index (χ0v) is 14.5. The Morgan fingerprint density at radius 3 is 2.48 bits per heavy atom. The van der Waals surface area contributed by atoms with Crippen molar-refractivity contribution in [1.29, 1.82) is 0 Å². The van der Waals surface area contributed by atoms with Crippen molar-refractivity contribution in [2.24, 2.45) is 0 Å². The van der Waals surface area contributed by atoms with Gasteiger partial charge in [0.05, 0.1) is 0 Å². The highest BCUT2D eigenvalue weighted by atomic mass is 16.2. The first-order valence-electron chi connectivity index (χ1n) is 8.67. The first kappa shape index (κ1) is 17.5. The van der Waals surface area contributed by atoms with Crippen LogP contribution < -0.4 is 5.32 Å². The van der Waals surface area contributed by atoms with Crippen molar-refractivity contribution in [3.8, 4) is 0 Å². The fourth-order valence-corrected chi connectivity index (χ4v) is 2.91. The smallest absolute Gasteiger partial charge is 0.251 e. The molecule has 2 rings (SSSR count). The van der Waals surface area contributed by atoms with Crippen LogP contribution in [0, 0.1) is 13.8 Å². The van der Waals surface area contributed by atoms with Crippen LogP contribution in [-0.2, 0) is 4.79 Å². The van der Waals surface area contributed by atoms with Gasteiger partial charge in [0.1, 0.15) is 0 Å². The average Bonchev–Trinajstić information content (AvgIpc) is 2.55. The number of nitrogens with one attached hydrogen (secondary N) is 1. The number of unbranched alkanes of at least 4 members (excludes halogenated alkanes) is 1. The third-order valence-electron chi connectivity index (χ3n) is 4.70. The minimum Gasteiger partial charge on any atom is -0.349 e. The summed E-state index contributed by atoms with van der Waals surface area (Å²) in [6.45, 7) is 7.66. The molecule has 1 aromatic carbocycles. The summed E-state index contributed by atoms with van der Waals surface area (Å²) in [5.74, 6) is 0.245. The fraction of sp³-hybridized carbons (Fsp3) is 0.579. The lowest BCUT2D eigenvalue weighted by molar-refractivity contribution is -0.132. The van der Waals surface area contributed by atoms with E-state index in [-0.39, 0.29) is 17.9 Å². The van der Waals surface area contributed by atoms with Crippen molar-refractivity contribution in [1.82, 2.24) is 10.2 Å². The van der Waals surface area contributed by atoms with Crippen LogP contribution in [0.3, 0.4) is 0 Å². The molecule has 0 bridgehead atoms. The Kier molecular flexibility index (Phi) is 6.20. The van der Waals surface area contributed by atoms with Gasteiger partial charge in [-0.3, -0.25) is 9.59 Å². The fourth-order valence-electron chi connectivity index (χ4n) is 2.91. The molecule has 23 heavy (non-hydrogen) atoms. The summed E-state index contributed by atoms with van der Waals surface area (Å²) < 4.78 is 0.